The molecular weight excluding hydrogens is 300 g/mol. The van der Waals surface area contributed by atoms with E-state index in [0.29, 0.717) is 5.52 Å². The van der Waals surface area contributed by atoms with Gasteiger partial charge < -0.3 is 10.6 Å². The van der Waals surface area contributed by atoms with Gasteiger partial charge in [-0.2, -0.15) is 0 Å². The molecule has 1 aromatic heterocycles. The van der Waals surface area contributed by atoms with Gasteiger partial charge in [-0.1, -0.05) is 11.3 Å². The molecule has 6 nitrogen and oxygen atoms in total. The molecule has 0 amide bonds. The molecule has 1 atom stereocenters. The zero-order valence-electron chi connectivity index (χ0n) is 10.7. The number of rotatable bonds is 2. The molecule has 3 rings (SSSR count). The van der Waals surface area contributed by atoms with Crippen LogP contribution in [0.4, 0.5) is 10.8 Å². The Bertz CT molecular complexity index is 633. The number of fused-ring (bicyclic) bond motifs is 1. The minimum atomic E-state index is -0.394. The summed E-state index contributed by atoms with van der Waals surface area (Å²) in [5.74, 6) is 0. The van der Waals surface area contributed by atoms with Gasteiger partial charge in [0.15, 0.2) is 5.13 Å². The lowest BCUT2D eigenvalue weighted by Gasteiger charge is -2.30. The predicted octanol–water partition coefficient (Wildman–Crippen LogP) is 2.55. The SMILES string of the molecule is Cl.NC1CCCN(c2nc3cc([N+](=O)[O-])ccc3s2)C1. The minimum absolute atomic E-state index is 0. The summed E-state index contributed by atoms with van der Waals surface area (Å²) in [7, 11) is 0. The number of piperidine rings is 1. The number of aromatic nitrogens is 1. The van der Waals surface area contributed by atoms with Crippen LogP contribution in [0.25, 0.3) is 10.2 Å². The zero-order chi connectivity index (χ0) is 13.4. The van der Waals surface area contributed by atoms with Gasteiger partial charge >= 0.3 is 0 Å². The fourth-order valence-corrected chi connectivity index (χ4v) is 3.32. The van der Waals surface area contributed by atoms with Crippen LogP contribution in [-0.4, -0.2) is 29.0 Å². The van der Waals surface area contributed by atoms with E-state index < -0.39 is 4.92 Å². The summed E-state index contributed by atoms with van der Waals surface area (Å²) < 4.78 is 0.972. The largest absolute Gasteiger partial charge is 0.347 e. The lowest BCUT2D eigenvalue weighted by atomic mass is 10.1. The van der Waals surface area contributed by atoms with E-state index in [0.717, 1.165) is 35.8 Å². The molecule has 0 aliphatic carbocycles. The molecule has 8 heteroatoms. The Balaban J connectivity index is 0.00000147. The average molecular weight is 315 g/mol. The number of nitrogens with two attached hydrogens (primary N) is 1. The van der Waals surface area contributed by atoms with Crippen molar-refractivity contribution in [3.8, 4) is 0 Å². The van der Waals surface area contributed by atoms with Crippen molar-refractivity contribution in [3.63, 3.8) is 0 Å². The molecule has 1 fully saturated rings. The first kappa shape index (κ1) is 15.0. The number of thiazole rings is 1. The Labute approximate surface area is 126 Å². The van der Waals surface area contributed by atoms with Crippen LogP contribution in [0.2, 0.25) is 0 Å². The summed E-state index contributed by atoms with van der Waals surface area (Å²) in [5, 5.41) is 11.7. The third-order valence-electron chi connectivity index (χ3n) is 3.30. The second-order valence-electron chi connectivity index (χ2n) is 4.75. The summed E-state index contributed by atoms with van der Waals surface area (Å²) in [6.45, 7) is 1.76. The molecule has 1 aromatic carbocycles. The van der Waals surface area contributed by atoms with Crippen molar-refractivity contribution in [2.45, 2.75) is 18.9 Å². The first-order valence-electron chi connectivity index (χ1n) is 6.19. The van der Waals surface area contributed by atoms with Crippen molar-refractivity contribution in [2.24, 2.45) is 5.73 Å². The Kier molecular flexibility index (Phi) is 4.42. The summed E-state index contributed by atoms with van der Waals surface area (Å²) >= 11 is 1.56. The smallest absolute Gasteiger partial charge is 0.271 e. The molecule has 108 valence electrons. The van der Waals surface area contributed by atoms with Crippen molar-refractivity contribution in [2.75, 3.05) is 18.0 Å². The molecule has 0 radical (unpaired) electrons. The highest BCUT2D eigenvalue weighted by molar-refractivity contribution is 7.22. The molecule has 1 aliphatic rings. The van der Waals surface area contributed by atoms with E-state index in [4.69, 9.17) is 5.73 Å². The highest BCUT2D eigenvalue weighted by atomic mass is 35.5. The van der Waals surface area contributed by atoms with Crippen molar-refractivity contribution >= 4 is 44.8 Å². The summed E-state index contributed by atoms with van der Waals surface area (Å²) in [6.07, 6.45) is 2.12. The van der Waals surface area contributed by atoms with Gasteiger partial charge in [0, 0.05) is 31.3 Å². The topological polar surface area (TPSA) is 85.3 Å². The van der Waals surface area contributed by atoms with Gasteiger partial charge in [0.05, 0.1) is 15.1 Å². The molecular formula is C12H15ClN4O2S. The minimum Gasteiger partial charge on any atom is -0.347 e. The van der Waals surface area contributed by atoms with Gasteiger partial charge in [-0.15, -0.1) is 12.4 Å². The number of non-ortho nitro benzene ring substituents is 1. The summed E-state index contributed by atoms with van der Waals surface area (Å²) in [4.78, 5) is 17.0. The van der Waals surface area contributed by atoms with Crippen molar-refractivity contribution in [1.82, 2.24) is 4.98 Å². The van der Waals surface area contributed by atoms with E-state index in [1.165, 1.54) is 12.1 Å². The van der Waals surface area contributed by atoms with Crippen LogP contribution in [-0.2, 0) is 0 Å². The van der Waals surface area contributed by atoms with Crippen molar-refractivity contribution in [3.05, 3.63) is 28.3 Å². The van der Waals surface area contributed by atoms with Crippen LogP contribution in [0.1, 0.15) is 12.8 Å². The Hall–Kier alpha value is -1.44. The molecule has 2 heterocycles. The third kappa shape index (κ3) is 2.84. The van der Waals surface area contributed by atoms with Crippen molar-refractivity contribution in [1.29, 1.82) is 0 Å². The number of nitro benzene ring substituents is 1. The van der Waals surface area contributed by atoms with Crippen LogP contribution in [0.3, 0.4) is 0 Å². The number of nitro groups is 1. The molecule has 0 spiro atoms. The first-order valence-corrected chi connectivity index (χ1v) is 7.00. The highest BCUT2D eigenvalue weighted by Crippen LogP contribution is 2.32. The maximum absolute atomic E-state index is 10.8. The monoisotopic (exact) mass is 314 g/mol. The van der Waals surface area contributed by atoms with E-state index in [2.05, 4.69) is 9.88 Å². The van der Waals surface area contributed by atoms with E-state index in [-0.39, 0.29) is 24.1 Å². The Morgan fingerprint density at radius 1 is 1.50 bits per heavy atom. The van der Waals surface area contributed by atoms with Gasteiger partial charge in [-0.25, -0.2) is 4.98 Å². The highest BCUT2D eigenvalue weighted by Gasteiger charge is 2.20. The van der Waals surface area contributed by atoms with Crippen molar-refractivity contribution < 1.29 is 4.92 Å². The molecule has 20 heavy (non-hydrogen) atoms. The van der Waals surface area contributed by atoms with Crippen LogP contribution >= 0.6 is 23.7 Å². The average Bonchev–Trinajstić information content (AvgIpc) is 2.81. The number of hydrogen-bond donors (Lipinski definition) is 1. The molecule has 0 saturated carbocycles. The number of anilines is 1. The standard InChI is InChI=1S/C12H14N4O2S.ClH/c13-8-2-1-5-15(7-8)12-14-10-6-9(16(17)18)3-4-11(10)19-12;/h3-4,6,8H,1-2,5,7,13H2;1H. The molecule has 1 unspecified atom stereocenters. The van der Waals surface area contributed by atoms with Gasteiger partial charge in [-0.3, -0.25) is 10.1 Å². The number of halogens is 1. The first-order chi connectivity index (χ1) is 9.13. The van der Waals surface area contributed by atoms with Crippen LogP contribution in [0.5, 0.6) is 0 Å². The molecule has 2 N–H and O–H groups in total. The summed E-state index contributed by atoms with van der Waals surface area (Å²) in [5.41, 5.74) is 6.74. The quantitative estimate of drug-likeness (QED) is 0.680. The van der Waals surface area contributed by atoms with Gasteiger partial charge in [-0.05, 0) is 18.9 Å². The number of nitrogens with zero attached hydrogens (tertiary/aromatic N) is 3. The van der Waals surface area contributed by atoms with Gasteiger partial charge in [0.2, 0.25) is 0 Å². The van der Waals surface area contributed by atoms with E-state index in [1.54, 1.807) is 17.4 Å². The van der Waals surface area contributed by atoms with Gasteiger partial charge in [0.25, 0.3) is 5.69 Å². The molecule has 0 bridgehead atoms. The zero-order valence-corrected chi connectivity index (χ0v) is 12.3. The summed E-state index contributed by atoms with van der Waals surface area (Å²) in [6, 6.07) is 5.00. The second kappa shape index (κ2) is 5.90. The molecule has 1 saturated heterocycles. The fraction of sp³-hybridized carbons (Fsp3) is 0.417. The molecule has 2 aromatic rings. The van der Waals surface area contributed by atoms with Crippen LogP contribution < -0.4 is 10.6 Å². The second-order valence-corrected chi connectivity index (χ2v) is 5.76. The van der Waals surface area contributed by atoms with E-state index in [1.807, 2.05) is 0 Å². The fourth-order valence-electron chi connectivity index (χ4n) is 2.34. The van der Waals surface area contributed by atoms with Crippen LogP contribution in [0.15, 0.2) is 18.2 Å². The normalized spacial score (nSPS) is 18.9. The van der Waals surface area contributed by atoms with Gasteiger partial charge in [0.1, 0.15) is 0 Å². The maximum atomic E-state index is 10.8. The lowest BCUT2D eigenvalue weighted by Crippen LogP contribution is -2.42. The lowest BCUT2D eigenvalue weighted by molar-refractivity contribution is -0.384. The van der Waals surface area contributed by atoms with Crippen LogP contribution in [0, 0.1) is 10.1 Å². The van der Waals surface area contributed by atoms with E-state index >= 15 is 0 Å². The number of hydrogen-bond acceptors (Lipinski definition) is 6. The Morgan fingerprint density at radius 2 is 2.30 bits per heavy atom. The predicted molar refractivity (Wildman–Crippen MR) is 82.9 cm³/mol. The number of benzene rings is 1. The third-order valence-corrected chi connectivity index (χ3v) is 4.40. The Morgan fingerprint density at radius 3 is 3.00 bits per heavy atom. The maximum Gasteiger partial charge on any atom is 0.271 e. The van der Waals surface area contributed by atoms with E-state index in [9.17, 15) is 10.1 Å². The molecule has 1 aliphatic heterocycles.